The van der Waals surface area contributed by atoms with Crippen molar-refractivity contribution in [2.75, 3.05) is 19.8 Å². The highest BCUT2D eigenvalue weighted by Crippen LogP contribution is 2.24. The van der Waals surface area contributed by atoms with E-state index in [1.165, 1.54) is 0 Å². The molecule has 2 aromatic rings. The van der Waals surface area contributed by atoms with E-state index < -0.39 is 0 Å². The van der Waals surface area contributed by atoms with Crippen molar-refractivity contribution in [3.63, 3.8) is 0 Å². The monoisotopic (exact) mass is 288 g/mol. The van der Waals surface area contributed by atoms with Crippen molar-refractivity contribution in [3.8, 4) is 0 Å². The molecule has 6 nitrogen and oxygen atoms in total. The fourth-order valence-corrected chi connectivity index (χ4v) is 2.50. The van der Waals surface area contributed by atoms with Crippen molar-refractivity contribution < 1.29 is 9.26 Å². The second-order valence-corrected chi connectivity index (χ2v) is 5.29. The van der Waals surface area contributed by atoms with Crippen LogP contribution < -0.4 is 5.32 Å². The summed E-state index contributed by atoms with van der Waals surface area (Å²) in [7, 11) is 0. The number of rotatable bonds is 6. The Bertz CT molecular complexity index is 558. The van der Waals surface area contributed by atoms with Gasteiger partial charge in [0.15, 0.2) is 5.82 Å². The smallest absolute Gasteiger partial charge is 0.233 e. The zero-order valence-electron chi connectivity index (χ0n) is 12.2. The topological polar surface area (TPSA) is 73.1 Å². The highest BCUT2D eigenvalue weighted by Gasteiger charge is 2.33. The molecule has 112 valence electrons. The van der Waals surface area contributed by atoms with Crippen LogP contribution in [-0.2, 0) is 11.2 Å². The summed E-state index contributed by atoms with van der Waals surface area (Å²) >= 11 is 0. The Hall–Kier alpha value is -1.79. The molecule has 3 heterocycles. The Labute approximate surface area is 123 Å². The van der Waals surface area contributed by atoms with Crippen molar-refractivity contribution in [1.82, 2.24) is 20.4 Å². The van der Waals surface area contributed by atoms with Crippen LogP contribution in [0.3, 0.4) is 0 Å². The second kappa shape index (κ2) is 6.78. The molecule has 1 aliphatic rings. The average Bonchev–Trinajstić information content (AvgIpc) is 3.15. The molecule has 3 rings (SSSR count). The normalized spacial score (nSPS) is 21.8. The summed E-state index contributed by atoms with van der Waals surface area (Å²) in [5.41, 5.74) is 1.13. The van der Waals surface area contributed by atoms with Crippen LogP contribution in [0.2, 0.25) is 0 Å². The van der Waals surface area contributed by atoms with Crippen LogP contribution >= 0.6 is 0 Å². The zero-order valence-corrected chi connectivity index (χ0v) is 12.2. The summed E-state index contributed by atoms with van der Waals surface area (Å²) < 4.78 is 11.0. The number of nitrogens with zero attached hydrogens (tertiary/aromatic N) is 3. The van der Waals surface area contributed by atoms with E-state index in [1.807, 2.05) is 12.1 Å². The van der Waals surface area contributed by atoms with E-state index in [0.29, 0.717) is 31.3 Å². The van der Waals surface area contributed by atoms with E-state index in [4.69, 9.17) is 9.26 Å². The van der Waals surface area contributed by atoms with E-state index >= 15 is 0 Å². The molecule has 0 bridgehead atoms. The van der Waals surface area contributed by atoms with Crippen LogP contribution in [0.5, 0.6) is 0 Å². The van der Waals surface area contributed by atoms with Gasteiger partial charge in [0, 0.05) is 24.9 Å². The summed E-state index contributed by atoms with van der Waals surface area (Å²) in [5.74, 6) is 1.53. The lowest BCUT2D eigenvalue weighted by molar-refractivity contribution is 0.184. The second-order valence-electron chi connectivity index (χ2n) is 5.29. The van der Waals surface area contributed by atoms with Crippen molar-refractivity contribution >= 4 is 0 Å². The molecule has 0 aliphatic carbocycles. The Balaban J connectivity index is 1.66. The molecule has 2 unspecified atom stereocenters. The number of pyridine rings is 1. The van der Waals surface area contributed by atoms with E-state index in [9.17, 15) is 0 Å². The molecule has 0 amide bonds. The summed E-state index contributed by atoms with van der Waals surface area (Å²) in [6.07, 6.45) is 5.30. The highest BCUT2D eigenvalue weighted by atomic mass is 16.5. The molecule has 0 saturated carbocycles. The first-order valence-corrected chi connectivity index (χ1v) is 7.39. The minimum atomic E-state index is 0.148. The summed E-state index contributed by atoms with van der Waals surface area (Å²) in [5, 5.41) is 7.56. The number of ether oxygens (including phenoxy) is 1. The van der Waals surface area contributed by atoms with Gasteiger partial charge in [-0.2, -0.15) is 4.98 Å². The molecule has 1 N–H and O–H groups in total. The Morgan fingerprint density at radius 2 is 2.14 bits per heavy atom. The van der Waals surface area contributed by atoms with Crippen LogP contribution in [-0.4, -0.2) is 40.9 Å². The molecule has 0 aromatic carbocycles. The third kappa shape index (κ3) is 3.46. The van der Waals surface area contributed by atoms with Gasteiger partial charge < -0.3 is 14.6 Å². The van der Waals surface area contributed by atoms with Crippen LogP contribution in [0.15, 0.2) is 29.0 Å². The highest BCUT2D eigenvalue weighted by molar-refractivity contribution is 5.15. The van der Waals surface area contributed by atoms with Crippen LogP contribution in [0.4, 0.5) is 0 Å². The molecule has 2 aromatic heterocycles. The average molecular weight is 288 g/mol. The lowest BCUT2D eigenvalue weighted by Crippen LogP contribution is -2.35. The largest absolute Gasteiger partial charge is 0.379 e. The minimum Gasteiger partial charge on any atom is -0.379 e. The number of aromatic nitrogens is 3. The predicted molar refractivity (Wildman–Crippen MR) is 77.0 cm³/mol. The molecule has 1 saturated heterocycles. The van der Waals surface area contributed by atoms with Gasteiger partial charge in [0.1, 0.15) is 0 Å². The van der Waals surface area contributed by atoms with Gasteiger partial charge in [-0.15, -0.1) is 0 Å². The first kappa shape index (κ1) is 14.2. The van der Waals surface area contributed by atoms with E-state index in [2.05, 4.69) is 27.4 Å². The van der Waals surface area contributed by atoms with Gasteiger partial charge in [0.05, 0.1) is 19.1 Å². The molecule has 1 fully saturated rings. The van der Waals surface area contributed by atoms with E-state index in [0.717, 1.165) is 18.5 Å². The van der Waals surface area contributed by atoms with Crippen molar-refractivity contribution in [2.24, 2.45) is 0 Å². The molecule has 1 aliphatic heterocycles. The first-order valence-electron chi connectivity index (χ1n) is 7.39. The SMILES string of the molecule is CCCNC1COCC1c1nc(Cc2ccncc2)no1. The molecule has 21 heavy (non-hydrogen) atoms. The fourth-order valence-electron chi connectivity index (χ4n) is 2.50. The van der Waals surface area contributed by atoms with E-state index in [1.54, 1.807) is 12.4 Å². The van der Waals surface area contributed by atoms with Gasteiger partial charge in [-0.05, 0) is 30.7 Å². The molecule has 0 spiro atoms. The minimum absolute atomic E-state index is 0.148. The predicted octanol–water partition coefficient (Wildman–Crippen LogP) is 1.54. The Morgan fingerprint density at radius 3 is 2.95 bits per heavy atom. The maximum Gasteiger partial charge on any atom is 0.233 e. The maximum absolute atomic E-state index is 5.55. The summed E-state index contributed by atoms with van der Waals surface area (Å²) in [6, 6.07) is 4.18. The van der Waals surface area contributed by atoms with Gasteiger partial charge in [-0.25, -0.2) is 0 Å². The van der Waals surface area contributed by atoms with Crippen LogP contribution in [0.1, 0.15) is 36.5 Å². The lowest BCUT2D eigenvalue weighted by Gasteiger charge is -2.14. The van der Waals surface area contributed by atoms with Gasteiger partial charge >= 0.3 is 0 Å². The Kier molecular flexibility index (Phi) is 4.57. The molecule has 2 atom stereocenters. The molecule has 0 radical (unpaired) electrons. The summed E-state index contributed by atoms with van der Waals surface area (Å²) in [6.45, 7) is 4.46. The van der Waals surface area contributed by atoms with E-state index in [-0.39, 0.29) is 12.0 Å². The summed E-state index contributed by atoms with van der Waals surface area (Å²) in [4.78, 5) is 8.53. The van der Waals surface area contributed by atoms with Gasteiger partial charge in [0.25, 0.3) is 0 Å². The third-order valence-electron chi connectivity index (χ3n) is 3.65. The van der Waals surface area contributed by atoms with Gasteiger partial charge in [-0.3, -0.25) is 4.98 Å². The fraction of sp³-hybridized carbons (Fsp3) is 0.533. The Morgan fingerprint density at radius 1 is 1.29 bits per heavy atom. The standard InChI is InChI=1S/C15H20N4O2/c1-2-5-17-13-10-20-9-12(13)15-18-14(19-21-15)8-11-3-6-16-7-4-11/h3-4,6-7,12-13,17H,2,5,8-10H2,1H3. The number of nitrogens with one attached hydrogen (secondary N) is 1. The lowest BCUT2D eigenvalue weighted by atomic mass is 10.0. The first-order chi connectivity index (χ1) is 10.4. The van der Waals surface area contributed by atoms with Crippen LogP contribution in [0, 0.1) is 0 Å². The third-order valence-corrected chi connectivity index (χ3v) is 3.65. The quantitative estimate of drug-likeness (QED) is 0.869. The van der Waals surface area contributed by atoms with Crippen molar-refractivity contribution in [2.45, 2.75) is 31.7 Å². The number of hydrogen-bond donors (Lipinski definition) is 1. The van der Waals surface area contributed by atoms with Gasteiger partial charge in [0.2, 0.25) is 5.89 Å². The molecular formula is C15H20N4O2. The number of hydrogen-bond acceptors (Lipinski definition) is 6. The van der Waals surface area contributed by atoms with Crippen LogP contribution in [0.25, 0.3) is 0 Å². The molecular weight excluding hydrogens is 268 g/mol. The molecule has 6 heteroatoms. The van der Waals surface area contributed by atoms with Crippen molar-refractivity contribution in [3.05, 3.63) is 41.8 Å². The zero-order chi connectivity index (χ0) is 14.5. The maximum atomic E-state index is 5.55. The van der Waals surface area contributed by atoms with Gasteiger partial charge in [-0.1, -0.05) is 12.1 Å². The van der Waals surface area contributed by atoms with Crippen molar-refractivity contribution in [1.29, 1.82) is 0 Å².